The van der Waals surface area contributed by atoms with Crippen molar-refractivity contribution in [2.75, 3.05) is 39.3 Å². The molecule has 3 rings (SSSR count). The lowest BCUT2D eigenvalue weighted by atomic mass is 10.1. The van der Waals surface area contributed by atoms with Crippen LogP contribution in [0.25, 0.3) is 0 Å². The number of nitrogens with zero attached hydrogens (tertiary/aromatic N) is 2. The van der Waals surface area contributed by atoms with E-state index in [-0.39, 0.29) is 29.9 Å². The summed E-state index contributed by atoms with van der Waals surface area (Å²) in [5, 5.41) is 6.50. The maximum atomic E-state index is 12.5. The molecular formula is C21H32F3IN4O. The minimum absolute atomic E-state index is 0. The lowest BCUT2D eigenvalue weighted by Crippen LogP contribution is -2.40. The van der Waals surface area contributed by atoms with Gasteiger partial charge in [-0.2, -0.15) is 13.2 Å². The summed E-state index contributed by atoms with van der Waals surface area (Å²) in [5.74, 6) is 2.43. The normalized spacial score (nSPS) is 20.0. The van der Waals surface area contributed by atoms with Crippen molar-refractivity contribution in [3.05, 3.63) is 29.8 Å². The molecule has 1 saturated carbocycles. The largest absolute Gasteiger partial charge is 0.493 e. The molecule has 0 bridgehead atoms. The summed E-state index contributed by atoms with van der Waals surface area (Å²) in [6, 6.07) is 7.93. The quantitative estimate of drug-likeness (QED) is 0.282. The number of ether oxygens (including phenoxy) is 1. The number of halogens is 4. The molecule has 9 heteroatoms. The van der Waals surface area contributed by atoms with E-state index in [4.69, 9.17) is 4.74 Å². The van der Waals surface area contributed by atoms with Gasteiger partial charge in [0.1, 0.15) is 5.75 Å². The van der Waals surface area contributed by atoms with Gasteiger partial charge >= 0.3 is 6.18 Å². The van der Waals surface area contributed by atoms with Gasteiger partial charge in [-0.15, -0.1) is 24.0 Å². The Hall–Kier alpha value is -1.23. The Morgan fingerprint density at radius 2 is 1.93 bits per heavy atom. The van der Waals surface area contributed by atoms with Crippen molar-refractivity contribution in [1.29, 1.82) is 0 Å². The number of nitrogens with one attached hydrogen (secondary N) is 2. The van der Waals surface area contributed by atoms with Crippen LogP contribution in [0, 0.1) is 11.8 Å². The average Bonchev–Trinajstić information content (AvgIpc) is 3.40. The van der Waals surface area contributed by atoms with Crippen LogP contribution in [0.4, 0.5) is 13.2 Å². The van der Waals surface area contributed by atoms with E-state index >= 15 is 0 Å². The standard InChI is InChI=1S/C21H31F3N4O.HI/c1-2-25-20(26-11-17-9-10-28(13-17)15-21(22,23)24)27-12-18-5-3-4-6-19(18)29-14-16-7-8-16;/h3-6,16-17H,2,7-15H2,1H3,(H2,25,26,27);1H. The number of likely N-dealkylation sites (tertiary alicyclic amines) is 1. The van der Waals surface area contributed by atoms with E-state index in [0.29, 0.717) is 38.1 Å². The van der Waals surface area contributed by atoms with Crippen LogP contribution in [0.3, 0.4) is 0 Å². The first-order valence-corrected chi connectivity index (χ1v) is 10.4. The topological polar surface area (TPSA) is 48.9 Å². The molecule has 5 nitrogen and oxygen atoms in total. The van der Waals surface area contributed by atoms with E-state index in [0.717, 1.165) is 30.9 Å². The second-order valence-corrected chi connectivity index (χ2v) is 7.94. The average molecular weight is 540 g/mol. The number of guanidine groups is 1. The SMILES string of the molecule is CCNC(=NCc1ccccc1OCC1CC1)NCC1CCN(CC(F)(F)F)C1.I. The second kappa shape index (κ2) is 12.0. The molecule has 1 aliphatic heterocycles. The fourth-order valence-corrected chi connectivity index (χ4v) is 3.49. The first-order chi connectivity index (χ1) is 13.9. The zero-order valence-electron chi connectivity index (χ0n) is 17.4. The predicted octanol–water partition coefficient (Wildman–Crippen LogP) is 4.03. The van der Waals surface area contributed by atoms with Crippen LogP contribution < -0.4 is 15.4 Å². The van der Waals surface area contributed by atoms with Gasteiger partial charge in [0.05, 0.1) is 19.7 Å². The number of aliphatic imine (C=N–C) groups is 1. The first kappa shape index (κ1) is 25.0. The van der Waals surface area contributed by atoms with Gasteiger partial charge in [0.15, 0.2) is 5.96 Å². The molecule has 2 N–H and O–H groups in total. The van der Waals surface area contributed by atoms with Crippen LogP contribution in [0.5, 0.6) is 5.75 Å². The molecule has 1 heterocycles. The summed E-state index contributed by atoms with van der Waals surface area (Å²) in [7, 11) is 0. The molecule has 1 aliphatic carbocycles. The van der Waals surface area contributed by atoms with Crippen LogP contribution >= 0.6 is 24.0 Å². The van der Waals surface area contributed by atoms with Crippen molar-refractivity contribution in [3.63, 3.8) is 0 Å². The second-order valence-electron chi connectivity index (χ2n) is 7.94. The maximum Gasteiger partial charge on any atom is 0.401 e. The van der Waals surface area contributed by atoms with Gasteiger partial charge in [0, 0.05) is 25.2 Å². The molecule has 2 fully saturated rings. The number of rotatable bonds is 9. The van der Waals surface area contributed by atoms with E-state index in [2.05, 4.69) is 15.6 Å². The van der Waals surface area contributed by atoms with Crippen LogP contribution in [-0.4, -0.2) is 56.4 Å². The lowest BCUT2D eigenvalue weighted by Gasteiger charge is -2.18. The summed E-state index contributed by atoms with van der Waals surface area (Å²) in [6.07, 6.45) is -0.874. The highest BCUT2D eigenvalue weighted by Gasteiger charge is 2.34. The smallest absolute Gasteiger partial charge is 0.401 e. The molecular weight excluding hydrogens is 508 g/mol. The van der Waals surface area contributed by atoms with Crippen molar-refractivity contribution in [2.24, 2.45) is 16.8 Å². The maximum absolute atomic E-state index is 12.5. The molecule has 170 valence electrons. The monoisotopic (exact) mass is 540 g/mol. The fourth-order valence-electron chi connectivity index (χ4n) is 3.49. The third-order valence-corrected chi connectivity index (χ3v) is 5.23. The zero-order valence-corrected chi connectivity index (χ0v) is 19.7. The minimum Gasteiger partial charge on any atom is -0.493 e. The minimum atomic E-state index is -4.13. The fraction of sp³-hybridized carbons (Fsp3) is 0.667. The summed E-state index contributed by atoms with van der Waals surface area (Å²) in [5.41, 5.74) is 1.03. The Kier molecular flexibility index (Phi) is 9.99. The highest BCUT2D eigenvalue weighted by Crippen LogP contribution is 2.30. The number of hydrogen-bond acceptors (Lipinski definition) is 3. The van der Waals surface area contributed by atoms with Crippen LogP contribution in [-0.2, 0) is 6.54 Å². The highest BCUT2D eigenvalue weighted by atomic mass is 127. The van der Waals surface area contributed by atoms with Crippen molar-refractivity contribution in [2.45, 2.75) is 38.9 Å². The van der Waals surface area contributed by atoms with Crippen LogP contribution in [0.1, 0.15) is 31.7 Å². The third kappa shape index (κ3) is 8.87. The van der Waals surface area contributed by atoms with Gasteiger partial charge in [-0.1, -0.05) is 18.2 Å². The van der Waals surface area contributed by atoms with Crippen molar-refractivity contribution in [3.8, 4) is 5.75 Å². The molecule has 30 heavy (non-hydrogen) atoms. The number of hydrogen-bond donors (Lipinski definition) is 2. The third-order valence-electron chi connectivity index (χ3n) is 5.23. The van der Waals surface area contributed by atoms with E-state index in [1.807, 2.05) is 31.2 Å². The van der Waals surface area contributed by atoms with Crippen molar-refractivity contribution >= 4 is 29.9 Å². The molecule has 0 amide bonds. The van der Waals surface area contributed by atoms with Gasteiger partial charge in [-0.3, -0.25) is 4.90 Å². The summed E-state index contributed by atoms with van der Waals surface area (Å²) >= 11 is 0. The molecule has 1 aromatic rings. The highest BCUT2D eigenvalue weighted by molar-refractivity contribution is 14.0. The Bertz CT molecular complexity index is 682. The van der Waals surface area contributed by atoms with Gasteiger partial charge in [0.25, 0.3) is 0 Å². The Labute approximate surface area is 193 Å². The number of benzene rings is 1. The lowest BCUT2D eigenvalue weighted by molar-refractivity contribution is -0.143. The van der Waals surface area contributed by atoms with Gasteiger partial charge in [-0.25, -0.2) is 4.99 Å². The van der Waals surface area contributed by atoms with Crippen LogP contribution in [0.15, 0.2) is 29.3 Å². The molecule has 0 aromatic heterocycles. The van der Waals surface area contributed by atoms with Gasteiger partial charge in [-0.05, 0) is 50.6 Å². The van der Waals surface area contributed by atoms with E-state index in [1.54, 1.807) is 0 Å². The van der Waals surface area contributed by atoms with Crippen LogP contribution in [0.2, 0.25) is 0 Å². The molecule has 0 radical (unpaired) electrons. The van der Waals surface area contributed by atoms with Crippen molar-refractivity contribution in [1.82, 2.24) is 15.5 Å². The van der Waals surface area contributed by atoms with Gasteiger partial charge in [0.2, 0.25) is 0 Å². The summed E-state index contributed by atoms with van der Waals surface area (Å²) < 4.78 is 43.6. The molecule has 0 spiro atoms. The predicted molar refractivity (Wildman–Crippen MR) is 123 cm³/mol. The Morgan fingerprint density at radius 3 is 2.63 bits per heavy atom. The first-order valence-electron chi connectivity index (χ1n) is 10.4. The number of para-hydroxylation sites is 1. The van der Waals surface area contributed by atoms with E-state index in [9.17, 15) is 13.2 Å². The van der Waals surface area contributed by atoms with Gasteiger partial charge < -0.3 is 15.4 Å². The van der Waals surface area contributed by atoms with Crippen molar-refractivity contribution < 1.29 is 17.9 Å². The molecule has 1 unspecified atom stereocenters. The molecule has 1 atom stereocenters. The van der Waals surface area contributed by atoms with E-state index < -0.39 is 12.7 Å². The number of alkyl halides is 3. The molecule has 1 saturated heterocycles. The molecule has 1 aromatic carbocycles. The Morgan fingerprint density at radius 1 is 1.17 bits per heavy atom. The van der Waals surface area contributed by atoms with E-state index in [1.165, 1.54) is 17.7 Å². The molecule has 2 aliphatic rings. The summed E-state index contributed by atoms with van der Waals surface area (Å²) in [4.78, 5) is 6.12. The summed E-state index contributed by atoms with van der Waals surface area (Å²) in [6.45, 7) is 4.70. The zero-order chi connectivity index (χ0) is 20.7. The Balaban J connectivity index is 0.00000320.